The summed E-state index contributed by atoms with van der Waals surface area (Å²) in [5, 5.41) is 4.32. The highest BCUT2D eigenvalue weighted by atomic mass is 16.5. The molecule has 0 N–H and O–H groups in total. The summed E-state index contributed by atoms with van der Waals surface area (Å²) in [6.07, 6.45) is 5.28. The van der Waals surface area contributed by atoms with Crippen LogP contribution in [0.15, 0.2) is 0 Å². The van der Waals surface area contributed by atoms with Gasteiger partial charge in [0.25, 0.3) is 0 Å². The van der Waals surface area contributed by atoms with Crippen molar-refractivity contribution < 1.29 is 9.53 Å². The number of rotatable bonds is 4. The van der Waals surface area contributed by atoms with E-state index in [9.17, 15) is 4.79 Å². The minimum atomic E-state index is 0.626. The molecule has 0 bridgehead atoms. The van der Waals surface area contributed by atoms with Crippen LogP contribution in [0.25, 0.3) is 0 Å². The average Bonchev–Trinajstić information content (AvgIpc) is 2.65. The van der Waals surface area contributed by atoms with E-state index >= 15 is 0 Å². The van der Waals surface area contributed by atoms with Crippen molar-refractivity contribution in [3.05, 3.63) is 17.0 Å². The normalized spacial score (nSPS) is 15.0. The molecule has 1 aromatic rings. The highest BCUT2D eigenvalue weighted by Crippen LogP contribution is 2.23. The van der Waals surface area contributed by atoms with E-state index in [0.717, 1.165) is 31.2 Å². The number of ether oxygens (including phenoxy) is 1. The zero-order valence-corrected chi connectivity index (χ0v) is 9.03. The second kappa shape index (κ2) is 4.57. The third kappa shape index (κ3) is 1.95. The van der Waals surface area contributed by atoms with Crippen LogP contribution in [0.2, 0.25) is 0 Å². The number of nitrogens with zero attached hydrogens (tertiary/aromatic N) is 2. The smallest absolute Gasteiger partial charge is 0.170 e. The van der Waals surface area contributed by atoms with Crippen molar-refractivity contribution in [2.75, 3.05) is 13.7 Å². The summed E-state index contributed by atoms with van der Waals surface area (Å²) in [7, 11) is 1.68. The molecule has 4 heteroatoms. The number of carbonyl (C=O) groups excluding carboxylic acids is 1. The molecule has 1 heterocycles. The van der Waals surface area contributed by atoms with Crippen molar-refractivity contribution >= 4 is 6.29 Å². The third-order valence-corrected chi connectivity index (χ3v) is 2.91. The first kappa shape index (κ1) is 10.4. The summed E-state index contributed by atoms with van der Waals surface area (Å²) in [5.41, 5.74) is 3.02. The van der Waals surface area contributed by atoms with Gasteiger partial charge in [-0.2, -0.15) is 5.10 Å². The molecular formula is C11H16N2O2. The molecule has 2 rings (SSSR count). The maximum Gasteiger partial charge on any atom is 0.170 e. The highest BCUT2D eigenvalue weighted by molar-refractivity contribution is 5.74. The fourth-order valence-corrected chi connectivity index (χ4v) is 2.16. The lowest BCUT2D eigenvalue weighted by Crippen LogP contribution is -2.12. The number of methoxy groups -OCH3 is 1. The van der Waals surface area contributed by atoms with Crippen molar-refractivity contribution in [1.29, 1.82) is 0 Å². The van der Waals surface area contributed by atoms with Crippen LogP contribution in [0.3, 0.4) is 0 Å². The molecule has 0 aromatic carbocycles. The Bertz CT molecular complexity index is 358. The molecule has 1 aliphatic rings. The van der Waals surface area contributed by atoms with Crippen LogP contribution in [0, 0.1) is 0 Å². The molecular weight excluding hydrogens is 192 g/mol. The van der Waals surface area contributed by atoms with E-state index in [2.05, 4.69) is 5.10 Å². The Morgan fingerprint density at radius 2 is 2.27 bits per heavy atom. The van der Waals surface area contributed by atoms with Gasteiger partial charge in [0.15, 0.2) is 6.29 Å². The predicted octanol–water partition coefficient (Wildman–Crippen LogP) is 1.22. The topological polar surface area (TPSA) is 44.1 Å². The van der Waals surface area contributed by atoms with Crippen LogP contribution in [0.1, 0.15) is 34.6 Å². The van der Waals surface area contributed by atoms with Crippen molar-refractivity contribution in [3.8, 4) is 0 Å². The van der Waals surface area contributed by atoms with Gasteiger partial charge < -0.3 is 4.74 Å². The van der Waals surface area contributed by atoms with Crippen LogP contribution in [-0.2, 0) is 24.1 Å². The summed E-state index contributed by atoms with van der Waals surface area (Å²) in [5.74, 6) is 0. The largest absolute Gasteiger partial charge is 0.383 e. The number of aldehydes is 1. The van der Waals surface area contributed by atoms with E-state index in [0.29, 0.717) is 12.3 Å². The molecule has 0 saturated heterocycles. The second-order valence-corrected chi connectivity index (χ2v) is 3.85. The SMILES string of the molecule is COCCn1nc(C=O)c2c1CCCC2. The quantitative estimate of drug-likeness (QED) is 0.699. The lowest BCUT2D eigenvalue weighted by Gasteiger charge is -2.13. The molecule has 0 aliphatic heterocycles. The Morgan fingerprint density at radius 1 is 1.47 bits per heavy atom. The zero-order valence-electron chi connectivity index (χ0n) is 9.03. The first-order valence-electron chi connectivity index (χ1n) is 5.39. The van der Waals surface area contributed by atoms with Gasteiger partial charge in [0, 0.05) is 18.4 Å². The number of fused-ring (bicyclic) bond motifs is 1. The van der Waals surface area contributed by atoms with Gasteiger partial charge in [-0.1, -0.05) is 0 Å². The predicted molar refractivity (Wildman–Crippen MR) is 56.1 cm³/mol. The molecule has 15 heavy (non-hydrogen) atoms. The van der Waals surface area contributed by atoms with Gasteiger partial charge in [0.05, 0.1) is 13.2 Å². The van der Waals surface area contributed by atoms with Crippen molar-refractivity contribution in [3.63, 3.8) is 0 Å². The van der Waals surface area contributed by atoms with Crippen LogP contribution < -0.4 is 0 Å². The summed E-state index contributed by atoms with van der Waals surface area (Å²) < 4.78 is 6.96. The number of aromatic nitrogens is 2. The number of carbonyl (C=O) groups is 1. The van der Waals surface area contributed by atoms with Crippen LogP contribution in [0.4, 0.5) is 0 Å². The first-order valence-corrected chi connectivity index (χ1v) is 5.39. The van der Waals surface area contributed by atoms with Crippen LogP contribution >= 0.6 is 0 Å². The molecule has 0 amide bonds. The minimum Gasteiger partial charge on any atom is -0.383 e. The summed E-state index contributed by atoms with van der Waals surface area (Å²) >= 11 is 0. The highest BCUT2D eigenvalue weighted by Gasteiger charge is 2.19. The molecule has 0 unspecified atom stereocenters. The van der Waals surface area contributed by atoms with Crippen molar-refractivity contribution in [2.45, 2.75) is 32.2 Å². The molecule has 0 saturated carbocycles. The fraction of sp³-hybridized carbons (Fsp3) is 0.636. The molecule has 1 aliphatic carbocycles. The van der Waals surface area contributed by atoms with Gasteiger partial charge in [-0.05, 0) is 25.7 Å². The van der Waals surface area contributed by atoms with Crippen LogP contribution in [-0.4, -0.2) is 29.8 Å². The van der Waals surface area contributed by atoms with Gasteiger partial charge in [0.1, 0.15) is 5.69 Å². The van der Waals surface area contributed by atoms with E-state index in [1.54, 1.807) is 7.11 Å². The average molecular weight is 208 g/mol. The van der Waals surface area contributed by atoms with Crippen molar-refractivity contribution in [1.82, 2.24) is 9.78 Å². The fourth-order valence-electron chi connectivity index (χ4n) is 2.16. The lowest BCUT2D eigenvalue weighted by molar-refractivity contribution is 0.111. The van der Waals surface area contributed by atoms with E-state index < -0.39 is 0 Å². The Kier molecular flexibility index (Phi) is 3.16. The van der Waals surface area contributed by atoms with Gasteiger partial charge in [-0.15, -0.1) is 0 Å². The first-order chi connectivity index (χ1) is 7.36. The van der Waals surface area contributed by atoms with Gasteiger partial charge >= 0.3 is 0 Å². The number of hydrogen-bond donors (Lipinski definition) is 0. The Hall–Kier alpha value is -1.16. The van der Waals surface area contributed by atoms with E-state index in [-0.39, 0.29) is 0 Å². The van der Waals surface area contributed by atoms with E-state index in [4.69, 9.17) is 4.74 Å². The Balaban J connectivity index is 2.29. The monoisotopic (exact) mass is 208 g/mol. The van der Waals surface area contributed by atoms with Crippen molar-refractivity contribution in [2.24, 2.45) is 0 Å². The zero-order chi connectivity index (χ0) is 10.7. The Morgan fingerprint density at radius 3 is 3.00 bits per heavy atom. The molecule has 0 fully saturated rings. The van der Waals surface area contributed by atoms with Gasteiger partial charge in [-0.25, -0.2) is 0 Å². The van der Waals surface area contributed by atoms with E-state index in [1.165, 1.54) is 18.5 Å². The summed E-state index contributed by atoms with van der Waals surface area (Å²) in [4.78, 5) is 10.9. The van der Waals surface area contributed by atoms with Gasteiger partial charge in [0.2, 0.25) is 0 Å². The second-order valence-electron chi connectivity index (χ2n) is 3.85. The maximum absolute atomic E-state index is 10.9. The molecule has 4 nitrogen and oxygen atoms in total. The van der Waals surface area contributed by atoms with E-state index in [1.807, 2.05) is 4.68 Å². The standard InChI is InChI=1S/C11H16N2O2/c1-15-7-6-13-11-5-3-2-4-9(11)10(8-14)12-13/h8H,2-7H2,1H3. The van der Waals surface area contributed by atoms with Gasteiger partial charge in [-0.3, -0.25) is 9.48 Å². The molecule has 82 valence electrons. The third-order valence-electron chi connectivity index (χ3n) is 2.91. The number of hydrogen-bond acceptors (Lipinski definition) is 3. The maximum atomic E-state index is 10.9. The molecule has 1 aromatic heterocycles. The lowest BCUT2D eigenvalue weighted by atomic mass is 9.96. The molecule has 0 spiro atoms. The summed E-state index contributed by atoms with van der Waals surface area (Å²) in [6, 6.07) is 0. The molecule has 0 atom stereocenters. The minimum absolute atomic E-state index is 0.626. The summed E-state index contributed by atoms with van der Waals surface area (Å²) in [6.45, 7) is 1.39. The van der Waals surface area contributed by atoms with Crippen LogP contribution in [0.5, 0.6) is 0 Å². The molecule has 0 radical (unpaired) electrons. The Labute approximate surface area is 89.2 Å².